The van der Waals surface area contributed by atoms with Crippen LogP contribution in [0.4, 0.5) is 11.6 Å². The van der Waals surface area contributed by atoms with Gasteiger partial charge in [-0.2, -0.15) is 0 Å². The summed E-state index contributed by atoms with van der Waals surface area (Å²) in [6.07, 6.45) is 4.28. The molecule has 1 amide bonds. The molecule has 6 heteroatoms. The Bertz CT molecular complexity index is 742. The largest absolute Gasteiger partial charge is 0.354 e. The van der Waals surface area contributed by atoms with Crippen molar-refractivity contribution in [2.45, 2.75) is 6.42 Å². The van der Waals surface area contributed by atoms with Gasteiger partial charge in [-0.05, 0) is 41.6 Å². The molecule has 3 rings (SSSR count). The van der Waals surface area contributed by atoms with E-state index in [-0.39, 0.29) is 5.91 Å². The van der Waals surface area contributed by atoms with E-state index in [0.717, 1.165) is 18.7 Å². The van der Waals surface area contributed by atoms with Crippen molar-refractivity contribution in [1.82, 2.24) is 9.97 Å². The lowest BCUT2D eigenvalue weighted by Crippen LogP contribution is -2.10. The number of hydrogen-bond acceptors (Lipinski definition) is 5. The fourth-order valence-electron chi connectivity index (χ4n) is 2.06. The Balaban J connectivity index is 1.50. The molecule has 116 valence electrons. The summed E-state index contributed by atoms with van der Waals surface area (Å²) in [6, 6.07) is 13.3. The first-order chi connectivity index (χ1) is 11.3. The summed E-state index contributed by atoms with van der Waals surface area (Å²) < 4.78 is 0. The molecule has 0 spiro atoms. The maximum Gasteiger partial charge on any atom is 0.265 e. The minimum atomic E-state index is -0.0735. The smallest absolute Gasteiger partial charge is 0.265 e. The average Bonchev–Trinajstić information content (AvgIpc) is 3.12. The lowest BCUT2D eigenvalue weighted by atomic mass is 10.1. The second-order valence-corrected chi connectivity index (χ2v) is 5.83. The molecule has 0 aliphatic carbocycles. The molecule has 23 heavy (non-hydrogen) atoms. The van der Waals surface area contributed by atoms with Crippen molar-refractivity contribution in [3.63, 3.8) is 0 Å². The molecule has 2 heterocycles. The first-order valence-corrected chi connectivity index (χ1v) is 8.14. The summed E-state index contributed by atoms with van der Waals surface area (Å²) in [6.45, 7) is 0.755. The Hall–Kier alpha value is -2.73. The molecular formula is C17H16N4OS. The number of carbonyl (C=O) groups excluding carboxylic acids is 1. The van der Waals surface area contributed by atoms with Gasteiger partial charge in [0.25, 0.3) is 5.91 Å². The maximum atomic E-state index is 12.0. The predicted octanol–water partition coefficient (Wildman–Crippen LogP) is 3.45. The third-order valence-corrected chi connectivity index (χ3v) is 4.09. The van der Waals surface area contributed by atoms with Crippen LogP contribution in [0.5, 0.6) is 0 Å². The van der Waals surface area contributed by atoms with Gasteiger partial charge in [-0.3, -0.25) is 4.79 Å². The van der Waals surface area contributed by atoms with E-state index in [1.165, 1.54) is 16.9 Å². The third-order valence-electron chi connectivity index (χ3n) is 3.22. The first-order valence-electron chi connectivity index (χ1n) is 7.26. The molecule has 5 nitrogen and oxygen atoms in total. The minimum Gasteiger partial charge on any atom is -0.354 e. The van der Waals surface area contributed by atoms with Crippen LogP contribution in [-0.4, -0.2) is 22.4 Å². The number of hydrogen-bond donors (Lipinski definition) is 2. The van der Waals surface area contributed by atoms with E-state index in [9.17, 15) is 4.79 Å². The predicted molar refractivity (Wildman–Crippen MR) is 92.9 cm³/mol. The van der Waals surface area contributed by atoms with Crippen LogP contribution in [0.3, 0.4) is 0 Å². The highest BCUT2D eigenvalue weighted by atomic mass is 32.1. The van der Waals surface area contributed by atoms with E-state index in [1.807, 2.05) is 41.8 Å². The van der Waals surface area contributed by atoms with Gasteiger partial charge in [0, 0.05) is 24.6 Å². The highest BCUT2D eigenvalue weighted by Crippen LogP contribution is 2.14. The van der Waals surface area contributed by atoms with Crippen molar-refractivity contribution in [2.75, 3.05) is 17.2 Å². The van der Waals surface area contributed by atoms with Crippen molar-refractivity contribution >= 4 is 28.9 Å². The standard InChI is InChI=1S/C17H16N4OS/c22-16(15-3-1-12-23-15)21-14-6-4-13(5-7-14)8-11-20-17-18-9-2-10-19-17/h1-7,9-10,12H,8,11H2,(H,21,22)(H,18,19,20). The van der Waals surface area contributed by atoms with Gasteiger partial charge in [0.15, 0.2) is 0 Å². The van der Waals surface area contributed by atoms with Crippen LogP contribution in [0.1, 0.15) is 15.2 Å². The molecule has 0 saturated heterocycles. The number of carbonyl (C=O) groups is 1. The molecule has 0 unspecified atom stereocenters. The Labute approximate surface area is 138 Å². The first kappa shape index (κ1) is 15.2. The van der Waals surface area contributed by atoms with Crippen LogP contribution in [0.2, 0.25) is 0 Å². The zero-order valence-corrected chi connectivity index (χ0v) is 13.2. The highest BCUT2D eigenvalue weighted by Gasteiger charge is 2.06. The Kier molecular flexibility index (Phi) is 4.95. The van der Waals surface area contributed by atoms with Crippen LogP contribution in [-0.2, 0) is 6.42 Å². The minimum absolute atomic E-state index is 0.0735. The molecule has 0 aliphatic rings. The van der Waals surface area contributed by atoms with Crippen molar-refractivity contribution in [3.8, 4) is 0 Å². The zero-order chi connectivity index (χ0) is 15.9. The molecule has 3 aromatic rings. The number of rotatable bonds is 6. The lowest BCUT2D eigenvalue weighted by Gasteiger charge is -2.07. The SMILES string of the molecule is O=C(Nc1ccc(CCNc2ncccn2)cc1)c1cccs1. The molecule has 0 atom stereocenters. The normalized spacial score (nSPS) is 10.3. The van der Waals surface area contributed by atoms with Gasteiger partial charge in [-0.1, -0.05) is 18.2 Å². The van der Waals surface area contributed by atoms with E-state index < -0.39 is 0 Å². The van der Waals surface area contributed by atoms with E-state index in [4.69, 9.17) is 0 Å². The number of amides is 1. The summed E-state index contributed by atoms with van der Waals surface area (Å²) >= 11 is 1.43. The van der Waals surface area contributed by atoms with Crippen LogP contribution in [0, 0.1) is 0 Å². The second kappa shape index (κ2) is 7.51. The summed E-state index contributed by atoms with van der Waals surface area (Å²) in [7, 11) is 0. The maximum absolute atomic E-state index is 12.0. The molecule has 1 aromatic carbocycles. The van der Waals surface area contributed by atoms with Crippen LogP contribution < -0.4 is 10.6 Å². The Morgan fingerprint density at radius 2 is 1.83 bits per heavy atom. The number of thiophene rings is 1. The molecule has 0 radical (unpaired) electrons. The van der Waals surface area contributed by atoms with Crippen molar-refractivity contribution in [3.05, 3.63) is 70.7 Å². The quantitative estimate of drug-likeness (QED) is 0.729. The highest BCUT2D eigenvalue weighted by molar-refractivity contribution is 7.12. The number of nitrogens with zero attached hydrogens (tertiary/aromatic N) is 2. The number of anilines is 2. The summed E-state index contributed by atoms with van der Waals surface area (Å²) in [4.78, 5) is 20.9. The van der Waals surface area contributed by atoms with Crippen LogP contribution in [0.15, 0.2) is 60.2 Å². The van der Waals surface area contributed by atoms with Gasteiger partial charge in [0.2, 0.25) is 5.95 Å². The Morgan fingerprint density at radius 1 is 1.04 bits per heavy atom. The molecular weight excluding hydrogens is 308 g/mol. The molecule has 2 N–H and O–H groups in total. The van der Waals surface area contributed by atoms with E-state index in [0.29, 0.717) is 10.8 Å². The zero-order valence-electron chi connectivity index (χ0n) is 12.4. The van der Waals surface area contributed by atoms with E-state index in [2.05, 4.69) is 20.6 Å². The average molecular weight is 324 g/mol. The molecule has 0 fully saturated rings. The number of nitrogens with one attached hydrogen (secondary N) is 2. The van der Waals surface area contributed by atoms with Crippen LogP contribution in [0.25, 0.3) is 0 Å². The summed E-state index contributed by atoms with van der Waals surface area (Å²) in [5, 5.41) is 7.95. The van der Waals surface area contributed by atoms with Crippen LogP contribution >= 0.6 is 11.3 Å². The van der Waals surface area contributed by atoms with E-state index in [1.54, 1.807) is 18.5 Å². The van der Waals surface area contributed by atoms with Gasteiger partial charge in [-0.15, -0.1) is 11.3 Å². The monoisotopic (exact) mass is 324 g/mol. The third kappa shape index (κ3) is 4.37. The van der Waals surface area contributed by atoms with Crippen molar-refractivity contribution in [1.29, 1.82) is 0 Å². The number of aromatic nitrogens is 2. The summed E-state index contributed by atoms with van der Waals surface area (Å²) in [5.74, 6) is 0.558. The van der Waals surface area contributed by atoms with E-state index >= 15 is 0 Å². The van der Waals surface area contributed by atoms with Gasteiger partial charge in [0.05, 0.1) is 4.88 Å². The molecule has 0 bridgehead atoms. The Morgan fingerprint density at radius 3 is 2.52 bits per heavy atom. The summed E-state index contributed by atoms with van der Waals surface area (Å²) in [5.41, 5.74) is 1.98. The fourth-order valence-corrected chi connectivity index (χ4v) is 2.68. The van der Waals surface area contributed by atoms with Gasteiger partial charge >= 0.3 is 0 Å². The molecule has 2 aromatic heterocycles. The lowest BCUT2D eigenvalue weighted by molar-refractivity contribution is 0.103. The fraction of sp³-hybridized carbons (Fsp3) is 0.118. The van der Waals surface area contributed by atoms with Gasteiger partial charge in [0.1, 0.15) is 0 Å². The second-order valence-electron chi connectivity index (χ2n) is 4.88. The van der Waals surface area contributed by atoms with Gasteiger partial charge < -0.3 is 10.6 Å². The van der Waals surface area contributed by atoms with Crippen molar-refractivity contribution < 1.29 is 4.79 Å². The van der Waals surface area contributed by atoms with Gasteiger partial charge in [-0.25, -0.2) is 9.97 Å². The molecule has 0 aliphatic heterocycles. The molecule has 0 saturated carbocycles. The van der Waals surface area contributed by atoms with Crippen molar-refractivity contribution in [2.24, 2.45) is 0 Å². The topological polar surface area (TPSA) is 66.9 Å². The number of benzene rings is 1.